The van der Waals surface area contributed by atoms with Gasteiger partial charge in [0.2, 0.25) is 0 Å². The molecule has 20 heavy (non-hydrogen) atoms. The first-order valence-corrected chi connectivity index (χ1v) is 6.23. The van der Waals surface area contributed by atoms with Crippen LogP contribution in [0.1, 0.15) is 25.7 Å². The van der Waals surface area contributed by atoms with Gasteiger partial charge in [-0.2, -0.15) is 0 Å². The number of aryl methyl sites for hydroxylation is 1. The van der Waals surface area contributed by atoms with E-state index in [1.54, 1.807) is 31.8 Å². The largest absolute Gasteiger partial charge is 0.368 e. The minimum Gasteiger partial charge on any atom is -0.368 e. The molecule has 0 bridgehead atoms. The van der Waals surface area contributed by atoms with Gasteiger partial charge in [-0.15, -0.1) is 10.2 Å². The first-order chi connectivity index (χ1) is 9.52. The number of nitrogens with zero attached hydrogens (tertiary/aromatic N) is 4. The fourth-order valence-electron chi connectivity index (χ4n) is 1.81. The summed E-state index contributed by atoms with van der Waals surface area (Å²) in [5.74, 6) is -0.862. The molecule has 0 aliphatic rings. The lowest BCUT2D eigenvalue weighted by atomic mass is 10.3. The standard InChI is InChI=1S/C12H16F2N6/c1-4-15-10-8(13)5-9(14)11(18-10)17-7(2)12-19-16-6-20(12)3/h5-7H,4H2,1-3H3,(H2,15,17,18). The van der Waals surface area contributed by atoms with Crippen molar-refractivity contribution in [2.75, 3.05) is 17.2 Å². The van der Waals surface area contributed by atoms with E-state index in [1.165, 1.54) is 0 Å². The van der Waals surface area contributed by atoms with E-state index in [2.05, 4.69) is 25.8 Å². The van der Waals surface area contributed by atoms with E-state index >= 15 is 0 Å². The van der Waals surface area contributed by atoms with Crippen molar-refractivity contribution in [1.82, 2.24) is 19.7 Å². The van der Waals surface area contributed by atoms with Crippen LogP contribution in [-0.2, 0) is 7.05 Å². The lowest BCUT2D eigenvalue weighted by Gasteiger charge is -2.15. The van der Waals surface area contributed by atoms with Crippen LogP contribution in [0.5, 0.6) is 0 Å². The molecule has 2 aromatic rings. The van der Waals surface area contributed by atoms with E-state index < -0.39 is 11.6 Å². The number of rotatable bonds is 5. The molecule has 0 aliphatic heterocycles. The SMILES string of the molecule is CCNc1nc(NC(C)c2nncn2C)c(F)cc1F. The molecule has 1 atom stereocenters. The molecule has 2 heterocycles. The lowest BCUT2D eigenvalue weighted by Crippen LogP contribution is -2.15. The van der Waals surface area contributed by atoms with Gasteiger partial charge in [0.1, 0.15) is 6.33 Å². The van der Waals surface area contributed by atoms with Crippen molar-refractivity contribution in [3.05, 3.63) is 29.9 Å². The summed E-state index contributed by atoms with van der Waals surface area (Å²) in [5.41, 5.74) is 0. The van der Waals surface area contributed by atoms with E-state index in [9.17, 15) is 8.78 Å². The molecule has 108 valence electrons. The van der Waals surface area contributed by atoms with E-state index in [4.69, 9.17) is 0 Å². The molecule has 0 radical (unpaired) electrons. The van der Waals surface area contributed by atoms with Gasteiger partial charge < -0.3 is 15.2 Å². The zero-order valence-electron chi connectivity index (χ0n) is 11.5. The molecule has 0 amide bonds. The zero-order valence-corrected chi connectivity index (χ0v) is 11.5. The Labute approximate surface area is 115 Å². The maximum Gasteiger partial charge on any atom is 0.168 e. The van der Waals surface area contributed by atoms with E-state index in [0.29, 0.717) is 12.4 Å². The summed E-state index contributed by atoms with van der Waals surface area (Å²) in [6.07, 6.45) is 1.55. The molecule has 0 aliphatic carbocycles. The van der Waals surface area contributed by atoms with Gasteiger partial charge in [-0.05, 0) is 13.8 Å². The Balaban J connectivity index is 2.24. The third kappa shape index (κ3) is 2.84. The Morgan fingerprint density at radius 3 is 2.60 bits per heavy atom. The summed E-state index contributed by atoms with van der Waals surface area (Å²) in [4.78, 5) is 3.91. The van der Waals surface area contributed by atoms with E-state index in [-0.39, 0.29) is 17.7 Å². The van der Waals surface area contributed by atoms with Crippen molar-refractivity contribution in [2.45, 2.75) is 19.9 Å². The highest BCUT2D eigenvalue weighted by Gasteiger charge is 2.16. The van der Waals surface area contributed by atoms with Gasteiger partial charge in [-0.3, -0.25) is 0 Å². The topological polar surface area (TPSA) is 67.7 Å². The van der Waals surface area contributed by atoms with Gasteiger partial charge in [0.15, 0.2) is 29.1 Å². The molecular weight excluding hydrogens is 266 g/mol. The first-order valence-electron chi connectivity index (χ1n) is 6.23. The minimum absolute atomic E-state index is 0.0153. The van der Waals surface area contributed by atoms with Crippen LogP contribution in [0, 0.1) is 11.6 Å². The third-order valence-electron chi connectivity index (χ3n) is 2.76. The molecule has 8 heteroatoms. The summed E-state index contributed by atoms with van der Waals surface area (Å²) in [6, 6.07) is 0.487. The summed E-state index contributed by atoms with van der Waals surface area (Å²) < 4.78 is 28.9. The number of pyridine rings is 1. The quantitative estimate of drug-likeness (QED) is 0.879. The highest BCUT2D eigenvalue weighted by Crippen LogP contribution is 2.22. The maximum absolute atomic E-state index is 13.7. The predicted molar refractivity (Wildman–Crippen MR) is 71.4 cm³/mol. The fraction of sp³-hybridized carbons (Fsp3) is 0.417. The van der Waals surface area contributed by atoms with Gasteiger partial charge in [0.05, 0.1) is 6.04 Å². The summed E-state index contributed by atoms with van der Waals surface area (Å²) >= 11 is 0. The van der Waals surface area contributed by atoms with E-state index in [0.717, 1.165) is 6.07 Å². The van der Waals surface area contributed by atoms with Gasteiger partial charge in [0.25, 0.3) is 0 Å². The summed E-state index contributed by atoms with van der Waals surface area (Å²) in [7, 11) is 1.78. The molecule has 0 fully saturated rings. The molecular formula is C12H16F2N6. The van der Waals surface area contributed by atoms with Crippen LogP contribution in [0.2, 0.25) is 0 Å². The zero-order chi connectivity index (χ0) is 14.7. The van der Waals surface area contributed by atoms with Crippen LogP contribution in [0.25, 0.3) is 0 Å². The monoisotopic (exact) mass is 282 g/mol. The van der Waals surface area contributed by atoms with Crippen LogP contribution >= 0.6 is 0 Å². The number of nitrogens with one attached hydrogen (secondary N) is 2. The Morgan fingerprint density at radius 2 is 2.00 bits per heavy atom. The minimum atomic E-state index is -0.752. The molecule has 0 aromatic carbocycles. The van der Waals surface area contributed by atoms with Crippen LogP contribution < -0.4 is 10.6 Å². The molecule has 0 saturated heterocycles. The second-order valence-corrected chi connectivity index (χ2v) is 4.35. The van der Waals surface area contributed by atoms with Gasteiger partial charge in [-0.25, -0.2) is 13.8 Å². The molecule has 0 spiro atoms. The van der Waals surface area contributed by atoms with Gasteiger partial charge >= 0.3 is 0 Å². The number of halogens is 2. The molecule has 1 unspecified atom stereocenters. The van der Waals surface area contributed by atoms with E-state index in [1.807, 2.05) is 0 Å². The van der Waals surface area contributed by atoms with Crippen molar-refractivity contribution < 1.29 is 8.78 Å². The molecule has 2 rings (SSSR count). The van der Waals surface area contributed by atoms with Crippen LogP contribution in [0.15, 0.2) is 12.4 Å². The van der Waals surface area contributed by atoms with Crippen molar-refractivity contribution in [2.24, 2.45) is 7.05 Å². The lowest BCUT2D eigenvalue weighted by molar-refractivity contribution is 0.575. The average Bonchev–Trinajstić information content (AvgIpc) is 2.81. The van der Waals surface area contributed by atoms with Gasteiger partial charge in [-0.1, -0.05) is 0 Å². The highest BCUT2D eigenvalue weighted by atomic mass is 19.1. The maximum atomic E-state index is 13.7. The summed E-state index contributed by atoms with van der Waals surface area (Å²) in [5, 5.41) is 13.3. The molecule has 0 saturated carbocycles. The average molecular weight is 282 g/mol. The van der Waals surface area contributed by atoms with Crippen LogP contribution in [-0.4, -0.2) is 26.3 Å². The van der Waals surface area contributed by atoms with Crippen LogP contribution in [0.3, 0.4) is 0 Å². The highest BCUT2D eigenvalue weighted by molar-refractivity contribution is 5.48. The summed E-state index contributed by atoms with van der Waals surface area (Å²) in [6.45, 7) is 4.09. The number of hydrogen-bond acceptors (Lipinski definition) is 5. The molecule has 6 nitrogen and oxygen atoms in total. The molecule has 2 N–H and O–H groups in total. The fourth-order valence-corrected chi connectivity index (χ4v) is 1.81. The normalized spacial score (nSPS) is 12.2. The predicted octanol–water partition coefficient (Wildman–Crippen LogP) is 2.09. The third-order valence-corrected chi connectivity index (χ3v) is 2.76. The van der Waals surface area contributed by atoms with Crippen molar-refractivity contribution in [3.8, 4) is 0 Å². The van der Waals surface area contributed by atoms with Crippen molar-refractivity contribution in [1.29, 1.82) is 0 Å². The number of aromatic nitrogens is 4. The van der Waals surface area contributed by atoms with Crippen LogP contribution in [0.4, 0.5) is 20.4 Å². The second kappa shape index (κ2) is 5.81. The van der Waals surface area contributed by atoms with Crippen molar-refractivity contribution in [3.63, 3.8) is 0 Å². The number of hydrogen-bond donors (Lipinski definition) is 2. The second-order valence-electron chi connectivity index (χ2n) is 4.35. The first kappa shape index (κ1) is 14.2. The Morgan fingerprint density at radius 1 is 1.30 bits per heavy atom. The smallest absolute Gasteiger partial charge is 0.168 e. The van der Waals surface area contributed by atoms with Crippen molar-refractivity contribution >= 4 is 11.6 Å². The Bertz CT molecular complexity index is 598. The number of anilines is 2. The molecule has 2 aromatic heterocycles. The van der Waals surface area contributed by atoms with Gasteiger partial charge in [0, 0.05) is 19.7 Å². The Hall–Kier alpha value is -2.25. The Kier molecular flexibility index (Phi) is 4.11.